The number of nitrogens with one attached hydrogen (secondary N) is 1. The van der Waals surface area contributed by atoms with Crippen LogP contribution in [-0.2, 0) is 6.42 Å². The Labute approximate surface area is 119 Å². The molecule has 1 aliphatic rings. The molecule has 0 amide bonds. The van der Waals surface area contributed by atoms with E-state index in [9.17, 15) is 4.39 Å². The second kappa shape index (κ2) is 5.95. The van der Waals surface area contributed by atoms with Crippen molar-refractivity contribution < 1.29 is 4.39 Å². The molecule has 0 saturated heterocycles. The van der Waals surface area contributed by atoms with Gasteiger partial charge in [0, 0.05) is 31.0 Å². The smallest absolute Gasteiger partial charge is 0.125 e. The summed E-state index contributed by atoms with van der Waals surface area (Å²) >= 11 is 0. The van der Waals surface area contributed by atoms with Gasteiger partial charge in [-0.2, -0.15) is 0 Å². The van der Waals surface area contributed by atoms with E-state index in [-0.39, 0.29) is 5.82 Å². The summed E-state index contributed by atoms with van der Waals surface area (Å²) in [6, 6.07) is 15.3. The number of fused-ring (bicyclic) bond motifs is 1. The van der Waals surface area contributed by atoms with E-state index in [2.05, 4.69) is 22.3 Å². The lowest BCUT2D eigenvalue weighted by Gasteiger charge is -2.19. The fourth-order valence-corrected chi connectivity index (χ4v) is 2.71. The van der Waals surface area contributed by atoms with Crippen LogP contribution in [0.1, 0.15) is 12.0 Å². The molecule has 0 radical (unpaired) electrons. The van der Waals surface area contributed by atoms with Crippen LogP contribution in [-0.4, -0.2) is 19.6 Å². The van der Waals surface area contributed by atoms with E-state index in [1.807, 2.05) is 24.3 Å². The van der Waals surface area contributed by atoms with E-state index in [1.165, 1.54) is 5.56 Å². The quantitative estimate of drug-likeness (QED) is 0.834. The molecule has 1 heterocycles. The van der Waals surface area contributed by atoms with Gasteiger partial charge in [0.05, 0.1) is 0 Å². The van der Waals surface area contributed by atoms with Crippen LogP contribution in [0.15, 0.2) is 48.5 Å². The maximum Gasteiger partial charge on any atom is 0.125 e. The number of rotatable bonds is 5. The van der Waals surface area contributed by atoms with Gasteiger partial charge in [-0.1, -0.05) is 24.3 Å². The summed E-state index contributed by atoms with van der Waals surface area (Å²) in [6.07, 6.45) is 2.08. The molecule has 0 aromatic heterocycles. The van der Waals surface area contributed by atoms with Crippen molar-refractivity contribution in [1.29, 1.82) is 0 Å². The summed E-state index contributed by atoms with van der Waals surface area (Å²) in [4.78, 5) is 2.28. The lowest BCUT2D eigenvalue weighted by atomic mass is 10.2. The molecule has 0 unspecified atom stereocenters. The van der Waals surface area contributed by atoms with Crippen molar-refractivity contribution >= 4 is 11.4 Å². The first-order valence-electron chi connectivity index (χ1n) is 7.15. The molecule has 2 nitrogen and oxygen atoms in total. The summed E-state index contributed by atoms with van der Waals surface area (Å²) in [5, 5.41) is 3.40. The van der Waals surface area contributed by atoms with Crippen LogP contribution in [0.25, 0.3) is 0 Å². The van der Waals surface area contributed by atoms with Crippen LogP contribution in [0.2, 0.25) is 0 Å². The molecule has 20 heavy (non-hydrogen) atoms. The average molecular weight is 270 g/mol. The van der Waals surface area contributed by atoms with Crippen molar-refractivity contribution in [3.05, 3.63) is 59.9 Å². The minimum atomic E-state index is -0.141. The van der Waals surface area contributed by atoms with Crippen molar-refractivity contribution in [2.75, 3.05) is 29.9 Å². The van der Waals surface area contributed by atoms with Gasteiger partial charge < -0.3 is 10.2 Å². The fourth-order valence-electron chi connectivity index (χ4n) is 2.71. The SMILES string of the molecule is Fc1ccc2c(c1)N(CCCNc1ccccc1)CC2. The van der Waals surface area contributed by atoms with Crippen LogP contribution < -0.4 is 10.2 Å². The van der Waals surface area contributed by atoms with Gasteiger partial charge >= 0.3 is 0 Å². The topological polar surface area (TPSA) is 15.3 Å². The Kier molecular flexibility index (Phi) is 3.86. The highest BCUT2D eigenvalue weighted by Gasteiger charge is 2.18. The molecule has 2 aromatic rings. The van der Waals surface area contributed by atoms with Crippen molar-refractivity contribution in [1.82, 2.24) is 0 Å². The molecule has 0 spiro atoms. The van der Waals surface area contributed by atoms with Gasteiger partial charge in [0.1, 0.15) is 5.82 Å². The Morgan fingerprint density at radius 2 is 1.95 bits per heavy atom. The van der Waals surface area contributed by atoms with Crippen molar-refractivity contribution in [2.24, 2.45) is 0 Å². The lowest BCUT2D eigenvalue weighted by Crippen LogP contribution is -2.23. The minimum absolute atomic E-state index is 0.141. The van der Waals surface area contributed by atoms with Gasteiger partial charge in [-0.3, -0.25) is 0 Å². The predicted octanol–water partition coefficient (Wildman–Crippen LogP) is 3.69. The van der Waals surface area contributed by atoms with E-state index >= 15 is 0 Å². The molecule has 2 aromatic carbocycles. The summed E-state index contributed by atoms with van der Waals surface area (Å²) in [7, 11) is 0. The Morgan fingerprint density at radius 3 is 2.80 bits per heavy atom. The highest BCUT2D eigenvalue weighted by Crippen LogP contribution is 2.28. The molecule has 0 bridgehead atoms. The van der Waals surface area contributed by atoms with Crippen molar-refractivity contribution in [3.8, 4) is 0 Å². The first-order chi connectivity index (χ1) is 9.83. The van der Waals surface area contributed by atoms with Crippen LogP contribution in [0.4, 0.5) is 15.8 Å². The van der Waals surface area contributed by atoms with Crippen LogP contribution in [0.3, 0.4) is 0 Å². The Bertz CT molecular complexity index is 568. The molecule has 104 valence electrons. The largest absolute Gasteiger partial charge is 0.385 e. The molecule has 1 aliphatic heterocycles. The molecule has 1 N–H and O–H groups in total. The normalized spacial score (nSPS) is 13.3. The Hall–Kier alpha value is -2.03. The number of hydrogen-bond donors (Lipinski definition) is 1. The molecule has 3 rings (SSSR count). The van der Waals surface area contributed by atoms with Crippen molar-refractivity contribution in [2.45, 2.75) is 12.8 Å². The Morgan fingerprint density at radius 1 is 1.10 bits per heavy atom. The van der Waals surface area contributed by atoms with E-state index in [0.29, 0.717) is 0 Å². The number of hydrogen-bond acceptors (Lipinski definition) is 2. The number of para-hydroxylation sites is 1. The first-order valence-corrected chi connectivity index (χ1v) is 7.15. The standard InChI is InChI=1S/C17H19FN2/c18-15-8-7-14-9-12-20(17(14)13-15)11-4-10-19-16-5-2-1-3-6-16/h1-3,5-8,13,19H,4,9-12H2. The summed E-state index contributed by atoms with van der Waals surface area (Å²) in [5.74, 6) is -0.141. The zero-order chi connectivity index (χ0) is 13.8. The zero-order valence-electron chi connectivity index (χ0n) is 11.5. The second-order valence-electron chi connectivity index (χ2n) is 5.16. The molecular formula is C17H19FN2. The maximum absolute atomic E-state index is 13.3. The van der Waals surface area contributed by atoms with Gasteiger partial charge in [-0.25, -0.2) is 4.39 Å². The van der Waals surface area contributed by atoms with E-state index in [1.54, 1.807) is 12.1 Å². The molecule has 0 saturated carbocycles. The van der Waals surface area contributed by atoms with E-state index in [0.717, 1.165) is 43.9 Å². The average Bonchev–Trinajstić information content (AvgIpc) is 2.87. The monoisotopic (exact) mass is 270 g/mol. The van der Waals surface area contributed by atoms with Gasteiger partial charge in [-0.15, -0.1) is 0 Å². The van der Waals surface area contributed by atoms with Crippen LogP contribution in [0.5, 0.6) is 0 Å². The number of anilines is 2. The van der Waals surface area contributed by atoms with E-state index < -0.39 is 0 Å². The highest BCUT2D eigenvalue weighted by atomic mass is 19.1. The van der Waals surface area contributed by atoms with Gasteiger partial charge in [0.2, 0.25) is 0 Å². The van der Waals surface area contributed by atoms with Crippen molar-refractivity contribution in [3.63, 3.8) is 0 Å². The number of benzene rings is 2. The molecule has 0 aliphatic carbocycles. The lowest BCUT2D eigenvalue weighted by molar-refractivity contribution is 0.627. The molecule has 0 atom stereocenters. The van der Waals surface area contributed by atoms with Gasteiger partial charge in [-0.05, 0) is 42.7 Å². The third kappa shape index (κ3) is 2.93. The van der Waals surface area contributed by atoms with Gasteiger partial charge in [0.15, 0.2) is 0 Å². The second-order valence-corrected chi connectivity index (χ2v) is 5.16. The summed E-state index contributed by atoms with van der Waals surface area (Å²) in [5.41, 5.74) is 3.49. The zero-order valence-corrected chi connectivity index (χ0v) is 11.5. The molecule has 3 heteroatoms. The first kappa shape index (κ1) is 13.0. The summed E-state index contributed by atoms with van der Waals surface area (Å²) < 4.78 is 13.3. The van der Waals surface area contributed by atoms with E-state index in [4.69, 9.17) is 0 Å². The van der Waals surface area contributed by atoms with Gasteiger partial charge in [0.25, 0.3) is 0 Å². The fraction of sp³-hybridized carbons (Fsp3) is 0.294. The number of nitrogens with zero attached hydrogens (tertiary/aromatic N) is 1. The van der Waals surface area contributed by atoms with Crippen LogP contribution in [0, 0.1) is 5.82 Å². The minimum Gasteiger partial charge on any atom is -0.385 e. The predicted molar refractivity (Wildman–Crippen MR) is 81.9 cm³/mol. The number of halogens is 1. The maximum atomic E-state index is 13.3. The third-order valence-corrected chi connectivity index (χ3v) is 3.75. The van der Waals surface area contributed by atoms with Crippen LogP contribution >= 0.6 is 0 Å². The Balaban J connectivity index is 1.50. The summed E-state index contributed by atoms with van der Waals surface area (Å²) in [6.45, 7) is 2.91. The highest BCUT2D eigenvalue weighted by molar-refractivity contribution is 5.58. The molecular weight excluding hydrogens is 251 g/mol. The molecule has 0 fully saturated rings. The third-order valence-electron chi connectivity index (χ3n) is 3.75.